The van der Waals surface area contributed by atoms with E-state index >= 15 is 0 Å². The SMILES string of the molecule is COCOC12CC3CC(C1)CC(C(=O)OCCC(F)(F)C(F)(F)S(=O)[O-])(C3)C2.[Na+]. The Morgan fingerprint density at radius 2 is 1.76 bits per heavy atom. The summed E-state index contributed by atoms with van der Waals surface area (Å²) in [6.45, 7) is -0.903. The molecule has 4 bridgehead atoms. The van der Waals surface area contributed by atoms with Gasteiger partial charge in [-0.1, -0.05) is 0 Å². The fourth-order valence-electron chi connectivity index (χ4n) is 5.46. The monoisotopic (exact) mass is 454 g/mol. The van der Waals surface area contributed by atoms with Crippen LogP contribution in [0.15, 0.2) is 0 Å². The van der Waals surface area contributed by atoms with Gasteiger partial charge < -0.3 is 18.8 Å². The maximum absolute atomic E-state index is 13.5. The minimum absolute atomic E-state index is 0. The minimum Gasteiger partial charge on any atom is -0.768 e. The van der Waals surface area contributed by atoms with E-state index in [0.29, 0.717) is 19.3 Å². The molecule has 4 aliphatic rings. The number of hydrogen-bond donors (Lipinski definition) is 0. The van der Waals surface area contributed by atoms with Gasteiger partial charge in [-0.3, -0.25) is 9.00 Å². The first-order valence-electron chi connectivity index (χ1n) is 9.10. The molecule has 6 nitrogen and oxygen atoms in total. The third-order valence-electron chi connectivity index (χ3n) is 6.21. The van der Waals surface area contributed by atoms with Crippen LogP contribution in [0.4, 0.5) is 17.6 Å². The smallest absolute Gasteiger partial charge is 0.768 e. The van der Waals surface area contributed by atoms with Crippen LogP contribution < -0.4 is 29.6 Å². The minimum atomic E-state index is -5.22. The summed E-state index contributed by atoms with van der Waals surface area (Å²) in [6, 6.07) is 0. The summed E-state index contributed by atoms with van der Waals surface area (Å²) in [5, 5.41) is -5.22. The van der Waals surface area contributed by atoms with Gasteiger partial charge in [0.2, 0.25) is 0 Å². The third-order valence-corrected chi connectivity index (χ3v) is 6.93. The van der Waals surface area contributed by atoms with Crippen LogP contribution in [0, 0.1) is 17.3 Å². The van der Waals surface area contributed by atoms with E-state index in [0.717, 1.165) is 19.3 Å². The Kier molecular flexibility index (Phi) is 7.90. The average Bonchev–Trinajstić information content (AvgIpc) is 2.58. The van der Waals surface area contributed by atoms with Crippen molar-refractivity contribution in [2.75, 3.05) is 20.5 Å². The molecule has 3 atom stereocenters. The van der Waals surface area contributed by atoms with E-state index < -0.39 is 52.3 Å². The first-order valence-corrected chi connectivity index (χ1v) is 10.2. The van der Waals surface area contributed by atoms with Crippen molar-refractivity contribution in [3.05, 3.63) is 0 Å². The fourth-order valence-corrected chi connectivity index (χ4v) is 5.81. The zero-order valence-corrected chi connectivity index (χ0v) is 19.2. The number of halogens is 4. The van der Waals surface area contributed by atoms with Crippen molar-refractivity contribution in [2.45, 2.75) is 61.7 Å². The van der Waals surface area contributed by atoms with Gasteiger partial charge in [0.05, 0.1) is 24.0 Å². The molecule has 4 rings (SSSR count). The number of carbonyl (C=O) groups excluding carboxylic acids is 1. The van der Waals surface area contributed by atoms with Crippen molar-refractivity contribution in [1.29, 1.82) is 0 Å². The molecule has 162 valence electrons. The molecule has 0 spiro atoms. The molecule has 0 aromatic carbocycles. The van der Waals surface area contributed by atoms with Gasteiger partial charge >= 0.3 is 46.7 Å². The van der Waals surface area contributed by atoms with Crippen molar-refractivity contribution in [3.63, 3.8) is 0 Å². The first kappa shape index (κ1) is 25.5. The van der Waals surface area contributed by atoms with E-state index in [9.17, 15) is 31.1 Å². The first-order chi connectivity index (χ1) is 13.0. The molecule has 4 fully saturated rings. The number of esters is 1. The maximum Gasteiger partial charge on any atom is 1.00 e. The normalized spacial score (nSPS) is 34.6. The Morgan fingerprint density at radius 1 is 1.17 bits per heavy atom. The van der Waals surface area contributed by atoms with E-state index in [-0.39, 0.29) is 48.2 Å². The van der Waals surface area contributed by atoms with Crippen LogP contribution in [-0.4, -0.2) is 52.0 Å². The van der Waals surface area contributed by atoms with Crippen LogP contribution in [0.3, 0.4) is 0 Å². The second kappa shape index (κ2) is 8.99. The Labute approximate surface area is 191 Å². The van der Waals surface area contributed by atoms with E-state index in [1.807, 2.05) is 0 Å². The molecule has 3 unspecified atom stereocenters. The summed E-state index contributed by atoms with van der Waals surface area (Å²) in [6.07, 6.45) is 2.46. The van der Waals surface area contributed by atoms with Gasteiger partial charge in [-0.2, -0.15) is 17.6 Å². The third kappa shape index (κ3) is 4.85. The summed E-state index contributed by atoms with van der Waals surface area (Å²) in [7, 11) is 1.50. The molecule has 0 aromatic heterocycles. The molecule has 12 heteroatoms. The zero-order valence-electron chi connectivity index (χ0n) is 16.4. The van der Waals surface area contributed by atoms with Gasteiger partial charge in [0.25, 0.3) is 0 Å². The van der Waals surface area contributed by atoms with E-state index in [1.165, 1.54) is 7.11 Å². The molecular weight excluding hydrogens is 431 g/mol. The van der Waals surface area contributed by atoms with Crippen molar-refractivity contribution in [3.8, 4) is 0 Å². The zero-order chi connectivity index (χ0) is 20.8. The van der Waals surface area contributed by atoms with Gasteiger partial charge in [0.15, 0.2) is 0 Å². The number of methoxy groups -OCH3 is 1. The summed E-state index contributed by atoms with van der Waals surface area (Å²) in [5.41, 5.74) is -1.40. The van der Waals surface area contributed by atoms with Crippen LogP contribution in [0.1, 0.15) is 44.9 Å². The summed E-state index contributed by atoms with van der Waals surface area (Å²) in [4.78, 5) is 12.7. The second-order valence-electron chi connectivity index (χ2n) is 8.32. The van der Waals surface area contributed by atoms with Crippen LogP contribution in [0.2, 0.25) is 0 Å². The molecule has 0 saturated heterocycles. The topological polar surface area (TPSA) is 84.9 Å². The molecule has 0 heterocycles. The molecule has 0 N–H and O–H groups in total. The summed E-state index contributed by atoms with van der Waals surface area (Å²) in [5.74, 6) is -5.03. The molecule has 0 radical (unpaired) electrons. The van der Waals surface area contributed by atoms with Crippen molar-refractivity contribution in [2.24, 2.45) is 17.3 Å². The van der Waals surface area contributed by atoms with E-state index in [1.54, 1.807) is 0 Å². The number of alkyl halides is 4. The van der Waals surface area contributed by atoms with Crippen molar-refractivity contribution in [1.82, 2.24) is 0 Å². The molecule has 4 saturated carbocycles. The Bertz CT molecular complexity index is 635. The van der Waals surface area contributed by atoms with Crippen LogP contribution >= 0.6 is 0 Å². The van der Waals surface area contributed by atoms with Crippen LogP contribution in [-0.2, 0) is 30.1 Å². The standard InChI is InChI=1S/C17H24F4O6S.Na/c1-25-10-27-15-7-11-4-12(8-15)6-14(5-11,9-15)13(22)26-3-2-16(18,19)17(20,21)28(23)24;/h11-12H,2-10H2,1H3,(H,23,24);/q;+1/p-1. The number of ether oxygens (including phenoxy) is 3. The van der Waals surface area contributed by atoms with Crippen LogP contribution in [0.25, 0.3) is 0 Å². The molecule has 0 aromatic rings. The van der Waals surface area contributed by atoms with Gasteiger partial charge in [0.1, 0.15) is 6.79 Å². The van der Waals surface area contributed by atoms with Crippen molar-refractivity contribution >= 4 is 17.0 Å². The summed E-state index contributed by atoms with van der Waals surface area (Å²) >= 11 is -4.28. The molecule has 29 heavy (non-hydrogen) atoms. The van der Waals surface area contributed by atoms with Gasteiger partial charge in [-0.25, -0.2) is 0 Å². The van der Waals surface area contributed by atoms with E-state index in [2.05, 4.69) is 0 Å². The van der Waals surface area contributed by atoms with Gasteiger partial charge in [-0.05, 0) is 50.4 Å². The quantitative estimate of drug-likeness (QED) is 0.160. The number of rotatable bonds is 9. The summed E-state index contributed by atoms with van der Waals surface area (Å²) < 4.78 is 89.7. The Balaban J connectivity index is 0.00000300. The number of carbonyl (C=O) groups is 1. The van der Waals surface area contributed by atoms with Gasteiger partial charge in [-0.15, -0.1) is 0 Å². The van der Waals surface area contributed by atoms with Crippen LogP contribution in [0.5, 0.6) is 0 Å². The molecular formula is C17H23F4NaO6S. The largest absolute Gasteiger partial charge is 1.00 e. The molecule has 0 amide bonds. The predicted octanol–water partition coefficient (Wildman–Crippen LogP) is -0.00960. The average molecular weight is 454 g/mol. The van der Waals surface area contributed by atoms with Crippen molar-refractivity contribution < 1.29 is 74.9 Å². The number of hydrogen-bond acceptors (Lipinski definition) is 6. The van der Waals surface area contributed by atoms with E-state index in [4.69, 9.17) is 14.2 Å². The van der Waals surface area contributed by atoms with Gasteiger partial charge in [0, 0.05) is 18.2 Å². The Hall–Kier alpha value is 0.220. The maximum atomic E-state index is 13.5. The Morgan fingerprint density at radius 3 is 2.28 bits per heavy atom. The fraction of sp³-hybridized carbons (Fsp3) is 0.941. The molecule has 0 aliphatic heterocycles. The predicted molar refractivity (Wildman–Crippen MR) is 87.2 cm³/mol. The second-order valence-corrected chi connectivity index (χ2v) is 9.30. The molecule has 4 aliphatic carbocycles.